The molecule has 4 heteroatoms. The molecular weight excluding hydrogens is 216 g/mol. The Morgan fingerprint density at radius 2 is 2.12 bits per heavy atom. The molecule has 1 aromatic rings. The fraction of sp³-hybridized carbons (Fsp3) is 0.538. The van der Waals surface area contributed by atoms with Crippen molar-refractivity contribution in [1.29, 1.82) is 0 Å². The topological polar surface area (TPSA) is 47.7 Å². The fourth-order valence-corrected chi connectivity index (χ4v) is 1.62. The van der Waals surface area contributed by atoms with Gasteiger partial charge >= 0.3 is 0 Å². The highest BCUT2D eigenvalue weighted by Gasteiger charge is 2.05. The molecule has 0 aliphatic carbocycles. The van der Waals surface area contributed by atoms with E-state index in [1.54, 1.807) is 7.11 Å². The number of nitrogens with two attached hydrogens (primary N) is 1. The van der Waals surface area contributed by atoms with Gasteiger partial charge < -0.3 is 20.1 Å². The van der Waals surface area contributed by atoms with E-state index < -0.39 is 0 Å². The molecule has 1 rings (SSSR count). The van der Waals surface area contributed by atoms with Gasteiger partial charge in [-0.25, -0.2) is 0 Å². The Kier molecular flexibility index (Phi) is 5.63. The first-order valence-electron chi connectivity index (χ1n) is 5.91. The Morgan fingerprint density at radius 1 is 1.35 bits per heavy atom. The van der Waals surface area contributed by atoms with Crippen LogP contribution in [0.3, 0.4) is 0 Å². The zero-order valence-electron chi connectivity index (χ0n) is 10.9. The van der Waals surface area contributed by atoms with Crippen molar-refractivity contribution in [3.63, 3.8) is 0 Å². The van der Waals surface area contributed by atoms with Crippen molar-refractivity contribution in [3.05, 3.63) is 18.2 Å². The highest BCUT2D eigenvalue weighted by Crippen LogP contribution is 2.27. The van der Waals surface area contributed by atoms with Crippen LogP contribution in [0.4, 0.5) is 11.4 Å². The molecule has 0 saturated carbocycles. The van der Waals surface area contributed by atoms with Crippen LogP contribution in [0.15, 0.2) is 18.2 Å². The van der Waals surface area contributed by atoms with Crippen LogP contribution in [0, 0.1) is 0 Å². The Morgan fingerprint density at radius 3 is 2.76 bits per heavy atom. The average Bonchev–Trinajstić information content (AvgIpc) is 2.32. The number of nitrogens with zero attached hydrogens (tertiary/aromatic N) is 1. The minimum Gasteiger partial charge on any atom is -0.492 e. The maximum absolute atomic E-state index is 5.83. The van der Waals surface area contributed by atoms with Crippen molar-refractivity contribution in [1.82, 2.24) is 0 Å². The molecule has 0 unspecified atom stereocenters. The summed E-state index contributed by atoms with van der Waals surface area (Å²) in [5.74, 6) is 0.753. The molecule has 1 aromatic carbocycles. The van der Waals surface area contributed by atoms with E-state index >= 15 is 0 Å². The summed E-state index contributed by atoms with van der Waals surface area (Å²) in [5, 5.41) is 0. The van der Waals surface area contributed by atoms with Crippen molar-refractivity contribution in [2.75, 3.05) is 44.5 Å². The number of hydrogen-bond donors (Lipinski definition) is 1. The van der Waals surface area contributed by atoms with Gasteiger partial charge in [-0.3, -0.25) is 0 Å². The van der Waals surface area contributed by atoms with E-state index in [1.165, 1.54) is 0 Å². The Labute approximate surface area is 103 Å². The molecular formula is C13H22N2O2. The molecule has 4 nitrogen and oxygen atoms in total. The van der Waals surface area contributed by atoms with E-state index in [9.17, 15) is 0 Å². The second-order valence-electron chi connectivity index (χ2n) is 3.92. The number of anilines is 2. The molecule has 0 aliphatic heterocycles. The lowest BCUT2D eigenvalue weighted by molar-refractivity contribution is 0.196. The van der Waals surface area contributed by atoms with Gasteiger partial charge in [0.15, 0.2) is 0 Å². The molecule has 2 N–H and O–H groups in total. The van der Waals surface area contributed by atoms with Crippen LogP contribution >= 0.6 is 0 Å². The van der Waals surface area contributed by atoms with Gasteiger partial charge in [-0.05, 0) is 25.5 Å². The lowest BCUT2D eigenvalue weighted by Crippen LogP contribution is -2.19. The summed E-state index contributed by atoms with van der Waals surface area (Å²) in [4.78, 5) is 2.17. The van der Waals surface area contributed by atoms with Gasteiger partial charge in [-0.2, -0.15) is 0 Å². The van der Waals surface area contributed by atoms with E-state index in [-0.39, 0.29) is 0 Å². The van der Waals surface area contributed by atoms with Crippen LogP contribution in [0.5, 0.6) is 5.75 Å². The maximum Gasteiger partial charge on any atom is 0.144 e. The van der Waals surface area contributed by atoms with Crippen LogP contribution in [-0.4, -0.2) is 33.9 Å². The van der Waals surface area contributed by atoms with Gasteiger partial charge in [0.1, 0.15) is 5.75 Å². The molecule has 0 heterocycles. The van der Waals surface area contributed by atoms with Crippen LogP contribution < -0.4 is 15.4 Å². The number of nitrogen functional groups attached to an aromatic ring is 1. The molecule has 0 aromatic heterocycles. The van der Waals surface area contributed by atoms with Gasteiger partial charge in [0.05, 0.1) is 12.3 Å². The van der Waals surface area contributed by atoms with Crippen LogP contribution in [0.1, 0.15) is 13.3 Å². The summed E-state index contributed by atoms with van der Waals surface area (Å²) in [6, 6.07) is 5.86. The predicted octanol–water partition coefficient (Wildman–Crippen LogP) is 2.14. The van der Waals surface area contributed by atoms with Gasteiger partial charge in [-0.1, -0.05) is 0 Å². The lowest BCUT2D eigenvalue weighted by atomic mass is 10.2. The van der Waals surface area contributed by atoms with Gasteiger partial charge in [0.25, 0.3) is 0 Å². The third kappa shape index (κ3) is 4.15. The van der Waals surface area contributed by atoms with E-state index in [4.69, 9.17) is 15.2 Å². The van der Waals surface area contributed by atoms with Crippen LogP contribution in [0.2, 0.25) is 0 Å². The zero-order chi connectivity index (χ0) is 12.7. The summed E-state index contributed by atoms with van der Waals surface area (Å²) in [7, 11) is 3.77. The Balaban J connectivity index is 2.66. The lowest BCUT2D eigenvalue weighted by Gasteiger charge is -2.20. The molecule has 0 aliphatic rings. The third-order valence-corrected chi connectivity index (χ3v) is 2.58. The Hall–Kier alpha value is -1.42. The van der Waals surface area contributed by atoms with Crippen molar-refractivity contribution in [2.24, 2.45) is 0 Å². The summed E-state index contributed by atoms with van der Waals surface area (Å²) >= 11 is 0. The van der Waals surface area contributed by atoms with Gasteiger partial charge in [0, 0.05) is 39.1 Å². The molecule has 0 bridgehead atoms. The Bertz CT molecular complexity index is 342. The van der Waals surface area contributed by atoms with Gasteiger partial charge in [-0.15, -0.1) is 0 Å². The van der Waals surface area contributed by atoms with Crippen LogP contribution in [-0.2, 0) is 4.74 Å². The third-order valence-electron chi connectivity index (χ3n) is 2.58. The highest BCUT2D eigenvalue weighted by molar-refractivity contribution is 5.62. The van der Waals surface area contributed by atoms with Crippen LogP contribution in [0.25, 0.3) is 0 Å². The molecule has 0 saturated heterocycles. The molecule has 0 atom stereocenters. The average molecular weight is 238 g/mol. The van der Waals surface area contributed by atoms with E-state index in [1.807, 2.05) is 25.1 Å². The number of benzene rings is 1. The standard InChI is InChI=1S/C13H22N2O2/c1-4-17-13-10-11(6-7-12(13)14)15(2)8-5-9-16-3/h6-7,10H,4-5,8-9,14H2,1-3H3. The van der Waals surface area contributed by atoms with E-state index in [0.717, 1.165) is 31.0 Å². The molecule has 0 radical (unpaired) electrons. The largest absolute Gasteiger partial charge is 0.492 e. The second-order valence-corrected chi connectivity index (χ2v) is 3.92. The van der Waals surface area contributed by atoms with Crippen molar-refractivity contribution >= 4 is 11.4 Å². The number of hydrogen-bond acceptors (Lipinski definition) is 4. The summed E-state index contributed by atoms with van der Waals surface area (Å²) in [6.07, 6.45) is 1.00. The SMILES string of the molecule is CCOc1cc(N(C)CCCOC)ccc1N. The molecule has 0 fully saturated rings. The predicted molar refractivity (Wildman–Crippen MR) is 71.8 cm³/mol. The summed E-state index contributed by atoms with van der Waals surface area (Å²) in [6.45, 7) is 4.30. The molecule has 96 valence electrons. The van der Waals surface area contributed by atoms with E-state index in [2.05, 4.69) is 11.9 Å². The fourth-order valence-electron chi connectivity index (χ4n) is 1.62. The maximum atomic E-state index is 5.83. The molecule has 0 amide bonds. The van der Waals surface area contributed by atoms with Crippen molar-refractivity contribution in [2.45, 2.75) is 13.3 Å². The first-order valence-corrected chi connectivity index (χ1v) is 5.91. The molecule has 17 heavy (non-hydrogen) atoms. The minimum absolute atomic E-state index is 0.626. The van der Waals surface area contributed by atoms with Gasteiger partial charge in [0.2, 0.25) is 0 Å². The smallest absolute Gasteiger partial charge is 0.144 e. The summed E-state index contributed by atoms with van der Waals surface area (Å²) < 4.78 is 10.5. The van der Waals surface area contributed by atoms with Crippen molar-refractivity contribution in [3.8, 4) is 5.75 Å². The normalized spacial score (nSPS) is 10.3. The molecule has 0 spiro atoms. The summed E-state index contributed by atoms with van der Waals surface area (Å²) in [5.41, 5.74) is 7.63. The quantitative estimate of drug-likeness (QED) is 0.584. The monoisotopic (exact) mass is 238 g/mol. The van der Waals surface area contributed by atoms with E-state index in [0.29, 0.717) is 12.3 Å². The number of methoxy groups -OCH3 is 1. The number of rotatable bonds is 7. The first kappa shape index (κ1) is 13.6. The first-order chi connectivity index (χ1) is 8.19. The number of ether oxygens (including phenoxy) is 2. The highest BCUT2D eigenvalue weighted by atomic mass is 16.5. The minimum atomic E-state index is 0.626. The second kappa shape index (κ2) is 7.01. The zero-order valence-corrected chi connectivity index (χ0v) is 10.9. The van der Waals surface area contributed by atoms with Crippen molar-refractivity contribution < 1.29 is 9.47 Å².